The number of hydrogen-bond donors (Lipinski definition) is 1. The molecule has 0 aliphatic rings. The Bertz CT molecular complexity index is 998. The fourth-order valence-electron chi connectivity index (χ4n) is 2.21. The highest BCUT2D eigenvalue weighted by Gasteiger charge is 2.11. The van der Waals surface area contributed by atoms with Gasteiger partial charge in [-0.1, -0.05) is 28.6 Å². The highest BCUT2D eigenvalue weighted by molar-refractivity contribution is 14.1. The summed E-state index contributed by atoms with van der Waals surface area (Å²) in [6, 6.07) is 12.8. The number of fused-ring (bicyclic) bond motifs is 1. The zero-order valence-corrected chi connectivity index (χ0v) is 17.3. The van der Waals surface area contributed by atoms with E-state index in [0.717, 1.165) is 24.7 Å². The van der Waals surface area contributed by atoms with Gasteiger partial charge in [0.15, 0.2) is 5.76 Å². The number of carbonyl (C=O) groups excluding carboxylic acids is 1. The van der Waals surface area contributed by atoms with Crippen molar-refractivity contribution >= 4 is 61.6 Å². The average molecular weight is 525 g/mol. The van der Waals surface area contributed by atoms with E-state index in [2.05, 4.69) is 55.6 Å². The molecule has 0 aliphatic carbocycles. The topological polar surface area (TPSA) is 63.8 Å². The van der Waals surface area contributed by atoms with Crippen molar-refractivity contribution in [3.63, 3.8) is 0 Å². The van der Waals surface area contributed by atoms with Gasteiger partial charge in [0.1, 0.15) is 17.9 Å². The Morgan fingerprint density at radius 1 is 1.31 bits per heavy atom. The third kappa shape index (κ3) is 4.53. The molecule has 7 heteroatoms. The van der Waals surface area contributed by atoms with Crippen LogP contribution in [0, 0.1) is 3.57 Å². The van der Waals surface area contributed by atoms with Crippen molar-refractivity contribution in [2.24, 2.45) is 5.10 Å². The van der Waals surface area contributed by atoms with Gasteiger partial charge < -0.3 is 9.15 Å². The normalized spacial score (nSPS) is 11.0. The minimum atomic E-state index is -0.408. The van der Waals surface area contributed by atoms with Crippen LogP contribution in [0.25, 0.3) is 11.0 Å². The summed E-state index contributed by atoms with van der Waals surface area (Å²) in [6.07, 6.45) is 3.26. The van der Waals surface area contributed by atoms with E-state index >= 15 is 0 Å². The monoisotopic (exact) mass is 524 g/mol. The quantitative estimate of drug-likeness (QED) is 0.210. The summed E-state index contributed by atoms with van der Waals surface area (Å²) in [6.45, 7) is 4.08. The maximum atomic E-state index is 12.2. The number of nitrogens with one attached hydrogen (secondary N) is 1. The molecule has 0 aliphatic heterocycles. The van der Waals surface area contributed by atoms with Gasteiger partial charge in [-0.05, 0) is 70.6 Å². The third-order valence-electron chi connectivity index (χ3n) is 3.39. The van der Waals surface area contributed by atoms with Gasteiger partial charge >= 0.3 is 5.91 Å². The SMILES string of the molecule is C=CCOc1ccc(/C=N/NC(=O)c2cc3cc(Br)ccc3o2)cc1I. The Kier molecular flexibility index (Phi) is 6.10. The van der Waals surface area contributed by atoms with E-state index in [0.29, 0.717) is 12.2 Å². The number of carbonyl (C=O) groups is 1. The predicted octanol–water partition coefficient (Wildman–Crippen LogP) is 5.13. The van der Waals surface area contributed by atoms with Crippen LogP contribution in [0.2, 0.25) is 0 Å². The maximum absolute atomic E-state index is 12.2. The van der Waals surface area contributed by atoms with Crippen molar-refractivity contribution < 1.29 is 13.9 Å². The molecule has 2 aromatic carbocycles. The molecule has 132 valence electrons. The van der Waals surface area contributed by atoms with E-state index in [9.17, 15) is 4.79 Å². The van der Waals surface area contributed by atoms with Gasteiger partial charge in [-0.3, -0.25) is 4.79 Å². The molecular weight excluding hydrogens is 511 g/mol. The van der Waals surface area contributed by atoms with Gasteiger partial charge in [-0.15, -0.1) is 0 Å². The fraction of sp³-hybridized carbons (Fsp3) is 0.0526. The van der Waals surface area contributed by atoms with Gasteiger partial charge in [0.2, 0.25) is 0 Å². The first-order valence-electron chi connectivity index (χ1n) is 7.62. The number of amides is 1. The van der Waals surface area contributed by atoms with Crippen LogP contribution in [0.1, 0.15) is 16.1 Å². The van der Waals surface area contributed by atoms with E-state index < -0.39 is 5.91 Å². The minimum Gasteiger partial charge on any atom is -0.488 e. The first kappa shape index (κ1) is 18.7. The second-order valence-electron chi connectivity index (χ2n) is 5.28. The Hall–Kier alpha value is -2.13. The molecule has 3 rings (SSSR count). The van der Waals surface area contributed by atoms with Crippen molar-refractivity contribution in [1.29, 1.82) is 0 Å². The largest absolute Gasteiger partial charge is 0.488 e. The summed E-state index contributed by atoms with van der Waals surface area (Å²) in [5.41, 5.74) is 3.96. The lowest BCUT2D eigenvalue weighted by Crippen LogP contribution is -2.16. The molecule has 3 aromatic rings. The summed E-state index contributed by atoms with van der Waals surface area (Å²) >= 11 is 5.57. The molecule has 1 heterocycles. The number of hydrazone groups is 1. The molecule has 0 fully saturated rings. The molecule has 0 bridgehead atoms. The van der Waals surface area contributed by atoms with Crippen LogP contribution >= 0.6 is 38.5 Å². The molecule has 0 unspecified atom stereocenters. The number of benzene rings is 2. The van der Waals surface area contributed by atoms with Crippen LogP contribution in [0.5, 0.6) is 5.75 Å². The van der Waals surface area contributed by atoms with E-state index in [4.69, 9.17) is 9.15 Å². The molecule has 0 saturated carbocycles. The molecule has 0 atom stereocenters. The number of nitrogens with zero attached hydrogens (tertiary/aromatic N) is 1. The van der Waals surface area contributed by atoms with Crippen LogP contribution in [0.4, 0.5) is 0 Å². The lowest BCUT2D eigenvalue weighted by atomic mass is 10.2. The summed E-state index contributed by atoms with van der Waals surface area (Å²) in [7, 11) is 0. The van der Waals surface area contributed by atoms with Gasteiger partial charge in [0.05, 0.1) is 9.78 Å². The van der Waals surface area contributed by atoms with Crippen LogP contribution in [-0.4, -0.2) is 18.7 Å². The molecular formula is C19H14BrIN2O3. The van der Waals surface area contributed by atoms with Crippen LogP contribution in [-0.2, 0) is 0 Å². The number of rotatable bonds is 6. The Morgan fingerprint density at radius 3 is 2.92 bits per heavy atom. The fourth-order valence-corrected chi connectivity index (χ4v) is 3.28. The molecule has 0 saturated heterocycles. The molecule has 0 radical (unpaired) electrons. The van der Waals surface area contributed by atoms with Gasteiger partial charge in [0, 0.05) is 9.86 Å². The van der Waals surface area contributed by atoms with Crippen molar-refractivity contribution in [3.05, 3.63) is 74.5 Å². The lowest BCUT2D eigenvalue weighted by Gasteiger charge is -2.06. The Morgan fingerprint density at radius 2 is 2.15 bits per heavy atom. The Labute approximate surface area is 172 Å². The van der Waals surface area contributed by atoms with Crippen LogP contribution in [0.3, 0.4) is 0 Å². The summed E-state index contributed by atoms with van der Waals surface area (Å²) in [5.74, 6) is 0.576. The van der Waals surface area contributed by atoms with Gasteiger partial charge in [-0.25, -0.2) is 5.43 Å². The second-order valence-corrected chi connectivity index (χ2v) is 7.36. The van der Waals surface area contributed by atoms with Crippen molar-refractivity contribution in [2.75, 3.05) is 6.61 Å². The smallest absolute Gasteiger partial charge is 0.307 e. The third-order valence-corrected chi connectivity index (χ3v) is 4.73. The minimum absolute atomic E-state index is 0.206. The second kappa shape index (κ2) is 8.50. The predicted molar refractivity (Wildman–Crippen MR) is 114 cm³/mol. The number of furan rings is 1. The summed E-state index contributed by atoms with van der Waals surface area (Å²) in [4.78, 5) is 12.2. The summed E-state index contributed by atoms with van der Waals surface area (Å²) in [5, 5.41) is 4.83. The first-order chi connectivity index (χ1) is 12.6. The zero-order valence-electron chi connectivity index (χ0n) is 13.5. The molecule has 1 aromatic heterocycles. The zero-order chi connectivity index (χ0) is 18.5. The molecule has 1 amide bonds. The number of ether oxygens (including phenoxy) is 1. The van der Waals surface area contributed by atoms with Crippen molar-refractivity contribution in [3.8, 4) is 5.75 Å². The molecule has 26 heavy (non-hydrogen) atoms. The number of halogens is 2. The molecule has 0 spiro atoms. The summed E-state index contributed by atoms with van der Waals surface area (Å²) < 4.78 is 12.9. The lowest BCUT2D eigenvalue weighted by molar-refractivity contribution is 0.0929. The standard InChI is InChI=1S/C19H14BrIN2O3/c1-2-7-25-17-5-3-12(8-15(17)21)11-22-23-19(24)18-10-13-9-14(20)4-6-16(13)26-18/h2-6,8-11H,1,7H2,(H,23,24)/b22-11+. The maximum Gasteiger partial charge on any atom is 0.307 e. The van der Waals surface area contributed by atoms with Gasteiger partial charge in [-0.2, -0.15) is 5.10 Å². The van der Waals surface area contributed by atoms with Crippen molar-refractivity contribution in [1.82, 2.24) is 5.43 Å². The van der Waals surface area contributed by atoms with E-state index in [-0.39, 0.29) is 5.76 Å². The number of hydrogen-bond acceptors (Lipinski definition) is 4. The highest BCUT2D eigenvalue weighted by atomic mass is 127. The Balaban J connectivity index is 1.66. The van der Waals surface area contributed by atoms with Crippen LogP contribution < -0.4 is 10.2 Å². The molecule has 1 N–H and O–H groups in total. The van der Waals surface area contributed by atoms with E-state index in [1.165, 1.54) is 0 Å². The van der Waals surface area contributed by atoms with E-state index in [1.54, 1.807) is 24.4 Å². The van der Waals surface area contributed by atoms with Crippen LogP contribution in [0.15, 0.2) is 69.1 Å². The van der Waals surface area contributed by atoms with Gasteiger partial charge in [0.25, 0.3) is 0 Å². The van der Waals surface area contributed by atoms with E-state index in [1.807, 2.05) is 30.3 Å². The van der Waals surface area contributed by atoms with Crippen molar-refractivity contribution in [2.45, 2.75) is 0 Å². The highest BCUT2D eigenvalue weighted by Crippen LogP contribution is 2.23. The average Bonchev–Trinajstić information content (AvgIpc) is 3.04. The first-order valence-corrected chi connectivity index (χ1v) is 9.50. The molecule has 5 nitrogen and oxygen atoms in total.